The second kappa shape index (κ2) is 9.26. The van der Waals surface area contributed by atoms with Crippen molar-refractivity contribution in [2.75, 3.05) is 31.2 Å². The molecule has 1 aliphatic rings. The van der Waals surface area contributed by atoms with E-state index < -0.39 is 0 Å². The predicted molar refractivity (Wildman–Crippen MR) is 108 cm³/mol. The van der Waals surface area contributed by atoms with E-state index in [0.717, 1.165) is 30.0 Å². The van der Waals surface area contributed by atoms with Crippen molar-refractivity contribution in [3.8, 4) is 0 Å². The molecule has 1 aromatic carbocycles. The van der Waals surface area contributed by atoms with Crippen molar-refractivity contribution in [2.24, 2.45) is 0 Å². The molecule has 1 saturated heterocycles. The first-order valence-electron chi connectivity index (χ1n) is 8.80. The topological polar surface area (TPSA) is 66.5 Å². The minimum atomic E-state index is -0.266. The van der Waals surface area contributed by atoms with Crippen molar-refractivity contribution < 1.29 is 9.53 Å². The fourth-order valence-corrected chi connectivity index (χ4v) is 3.47. The van der Waals surface area contributed by atoms with Gasteiger partial charge in [-0.2, -0.15) is 0 Å². The number of morpholine rings is 1. The minimum absolute atomic E-state index is 0.240. The number of pyridine rings is 1. The van der Waals surface area contributed by atoms with Gasteiger partial charge in [0, 0.05) is 35.9 Å². The highest BCUT2D eigenvalue weighted by atomic mass is 35.5. The molecular formula is C19H22Cl2N4O2. The maximum absolute atomic E-state index is 12.2. The molecule has 3 rings (SSSR count). The molecule has 1 fully saturated rings. The van der Waals surface area contributed by atoms with E-state index in [1.165, 1.54) is 0 Å². The van der Waals surface area contributed by atoms with Gasteiger partial charge in [-0.3, -0.25) is 0 Å². The number of carbonyl (C=O) groups excluding carboxylic acids is 1. The number of anilines is 1. The summed E-state index contributed by atoms with van der Waals surface area (Å²) in [5.74, 6) is 0.902. The number of rotatable bonds is 5. The maximum Gasteiger partial charge on any atom is 0.315 e. The van der Waals surface area contributed by atoms with Crippen molar-refractivity contribution in [2.45, 2.75) is 19.5 Å². The van der Waals surface area contributed by atoms with E-state index in [1.54, 1.807) is 18.3 Å². The van der Waals surface area contributed by atoms with Crippen LogP contribution in [0.1, 0.15) is 24.1 Å². The molecule has 6 nitrogen and oxygen atoms in total. The highest BCUT2D eigenvalue weighted by molar-refractivity contribution is 6.35. The Hall–Kier alpha value is -2.02. The Balaban J connectivity index is 1.54. The predicted octanol–water partition coefficient (Wildman–Crippen LogP) is 3.79. The number of carbonyl (C=O) groups is 1. The number of halogens is 2. The molecule has 0 spiro atoms. The van der Waals surface area contributed by atoms with Crippen LogP contribution in [0.15, 0.2) is 36.5 Å². The van der Waals surface area contributed by atoms with Gasteiger partial charge in [-0.25, -0.2) is 9.78 Å². The second-order valence-corrected chi connectivity index (χ2v) is 7.18. The van der Waals surface area contributed by atoms with E-state index in [4.69, 9.17) is 27.9 Å². The van der Waals surface area contributed by atoms with Gasteiger partial charge in [0.25, 0.3) is 0 Å². The number of nitrogens with one attached hydrogen (secondary N) is 2. The van der Waals surface area contributed by atoms with Gasteiger partial charge in [0.05, 0.1) is 19.3 Å². The molecule has 27 heavy (non-hydrogen) atoms. The number of aromatic nitrogens is 1. The lowest BCUT2D eigenvalue weighted by Crippen LogP contribution is -2.37. The zero-order valence-electron chi connectivity index (χ0n) is 15.0. The molecule has 1 atom stereocenters. The Kier molecular flexibility index (Phi) is 6.77. The molecule has 144 valence electrons. The normalized spacial score (nSPS) is 15.3. The lowest BCUT2D eigenvalue weighted by atomic mass is 10.1. The number of nitrogens with zero attached hydrogens (tertiary/aromatic N) is 2. The van der Waals surface area contributed by atoms with Crippen LogP contribution in [-0.2, 0) is 11.3 Å². The van der Waals surface area contributed by atoms with Crippen molar-refractivity contribution in [3.05, 3.63) is 57.7 Å². The summed E-state index contributed by atoms with van der Waals surface area (Å²) < 4.78 is 5.37. The van der Waals surface area contributed by atoms with Crippen LogP contribution in [0.3, 0.4) is 0 Å². The zero-order chi connectivity index (χ0) is 19.2. The van der Waals surface area contributed by atoms with Crippen LogP contribution in [0.5, 0.6) is 0 Å². The third-order valence-electron chi connectivity index (χ3n) is 4.37. The van der Waals surface area contributed by atoms with Crippen molar-refractivity contribution in [1.82, 2.24) is 15.6 Å². The zero-order valence-corrected chi connectivity index (χ0v) is 16.6. The van der Waals surface area contributed by atoms with Crippen LogP contribution in [0, 0.1) is 0 Å². The lowest BCUT2D eigenvalue weighted by Gasteiger charge is -2.28. The van der Waals surface area contributed by atoms with Crippen molar-refractivity contribution >= 4 is 35.1 Å². The summed E-state index contributed by atoms with van der Waals surface area (Å²) in [4.78, 5) is 18.8. The standard InChI is InChI=1S/C19H22Cl2N4O2/c1-13(16-3-2-15(20)11-17(16)21)24-19(26)23-12-14-4-5-22-18(10-14)25-6-8-27-9-7-25/h2-5,10-11,13H,6-9,12H2,1H3,(H2,23,24,26)/t13-/m0/s1. The molecular weight excluding hydrogens is 387 g/mol. The largest absolute Gasteiger partial charge is 0.378 e. The molecule has 8 heteroatoms. The second-order valence-electron chi connectivity index (χ2n) is 6.34. The van der Waals surface area contributed by atoms with Gasteiger partial charge < -0.3 is 20.3 Å². The molecule has 0 unspecified atom stereocenters. The molecule has 0 radical (unpaired) electrons. The van der Waals surface area contributed by atoms with Gasteiger partial charge in [-0.05, 0) is 42.3 Å². The molecule has 2 N–H and O–H groups in total. The number of hydrogen-bond donors (Lipinski definition) is 2. The molecule has 0 aliphatic carbocycles. The fourth-order valence-electron chi connectivity index (χ4n) is 2.90. The Morgan fingerprint density at radius 2 is 2.04 bits per heavy atom. The summed E-state index contributed by atoms with van der Waals surface area (Å²) in [5, 5.41) is 6.85. The Bertz CT molecular complexity index is 797. The number of ether oxygens (including phenoxy) is 1. The monoisotopic (exact) mass is 408 g/mol. The number of hydrogen-bond acceptors (Lipinski definition) is 4. The third-order valence-corrected chi connectivity index (χ3v) is 4.94. The lowest BCUT2D eigenvalue weighted by molar-refractivity contribution is 0.122. The molecule has 0 bridgehead atoms. The van der Waals surface area contributed by atoms with Crippen molar-refractivity contribution in [1.29, 1.82) is 0 Å². The Morgan fingerprint density at radius 3 is 2.78 bits per heavy atom. The van der Waals surface area contributed by atoms with E-state index in [9.17, 15) is 4.79 Å². The van der Waals surface area contributed by atoms with Crippen LogP contribution in [0.2, 0.25) is 10.0 Å². The molecule has 1 aromatic heterocycles. The van der Waals surface area contributed by atoms with Crippen LogP contribution < -0.4 is 15.5 Å². The van der Waals surface area contributed by atoms with E-state index in [2.05, 4.69) is 20.5 Å². The van der Waals surface area contributed by atoms with E-state index in [0.29, 0.717) is 29.8 Å². The first kappa shape index (κ1) is 19.7. The average Bonchev–Trinajstić information content (AvgIpc) is 2.67. The summed E-state index contributed by atoms with van der Waals surface area (Å²) >= 11 is 12.1. The summed E-state index contributed by atoms with van der Waals surface area (Å²) in [6.45, 7) is 5.34. The molecule has 2 heterocycles. The number of amides is 2. The van der Waals surface area contributed by atoms with Gasteiger partial charge >= 0.3 is 6.03 Å². The van der Waals surface area contributed by atoms with Crippen LogP contribution in [0.25, 0.3) is 0 Å². The maximum atomic E-state index is 12.2. The van der Waals surface area contributed by atoms with Gasteiger partial charge in [0.2, 0.25) is 0 Å². The number of benzene rings is 1. The minimum Gasteiger partial charge on any atom is -0.378 e. The van der Waals surface area contributed by atoms with Gasteiger partial charge in [0.1, 0.15) is 5.82 Å². The molecule has 2 aromatic rings. The highest BCUT2D eigenvalue weighted by Crippen LogP contribution is 2.26. The van der Waals surface area contributed by atoms with Gasteiger partial charge in [0.15, 0.2) is 0 Å². The van der Waals surface area contributed by atoms with Crippen LogP contribution in [-0.4, -0.2) is 37.3 Å². The number of urea groups is 1. The van der Waals surface area contributed by atoms with E-state index in [1.807, 2.05) is 25.1 Å². The quantitative estimate of drug-likeness (QED) is 0.789. The van der Waals surface area contributed by atoms with Crippen molar-refractivity contribution in [3.63, 3.8) is 0 Å². The van der Waals surface area contributed by atoms with Crippen LogP contribution in [0.4, 0.5) is 10.6 Å². The average molecular weight is 409 g/mol. The van der Waals surface area contributed by atoms with E-state index >= 15 is 0 Å². The summed E-state index contributed by atoms with van der Waals surface area (Å²) in [7, 11) is 0. The smallest absolute Gasteiger partial charge is 0.315 e. The molecule has 2 amide bonds. The first-order valence-corrected chi connectivity index (χ1v) is 9.55. The third kappa shape index (κ3) is 5.48. The van der Waals surface area contributed by atoms with Gasteiger partial charge in [-0.15, -0.1) is 0 Å². The molecule has 1 aliphatic heterocycles. The Morgan fingerprint density at radius 1 is 1.26 bits per heavy atom. The van der Waals surface area contributed by atoms with E-state index in [-0.39, 0.29) is 12.1 Å². The Labute approximate surface area is 168 Å². The fraction of sp³-hybridized carbons (Fsp3) is 0.368. The first-order chi connectivity index (χ1) is 13.0. The summed E-state index contributed by atoms with van der Waals surface area (Å²) in [6.07, 6.45) is 1.76. The highest BCUT2D eigenvalue weighted by Gasteiger charge is 2.14. The summed E-state index contributed by atoms with van der Waals surface area (Å²) in [5.41, 5.74) is 1.80. The van der Waals surface area contributed by atoms with Crippen LogP contribution >= 0.6 is 23.2 Å². The van der Waals surface area contributed by atoms with Gasteiger partial charge in [-0.1, -0.05) is 29.3 Å². The molecule has 0 saturated carbocycles. The summed E-state index contributed by atoms with van der Waals surface area (Å²) in [6, 6.07) is 8.61. The SMILES string of the molecule is C[C@H](NC(=O)NCc1ccnc(N2CCOCC2)c1)c1ccc(Cl)cc1Cl.